The topological polar surface area (TPSA) is 133 Å². The minimum absolute atomic E-state index is 0.0350. The predicted molar refractivity (Wildman–Crippen MR) is 183 cm³/mol. The minimum atomic E-state index is -0.0946. The molecular formula is C33H32ClN7O4S2. The highest BCUT2D eigenvalue weighted by molar-refractivity contribution is 7.19. The molecule has 242 valence electrons. The van der Waals surface area contributed by atoms with Crippen molar-refractivity contribution in [3.8, 4) is 0 Å². The van der Waals surface area contributed by atoms with Crippen LogP contribution in [0.5, 0.6) is 0 Å². The van der Waals surface area contributed by atoms with Gasteiger partial charge in [-0.05, 0) is 81.7 Å². The van der Waals surface area contributed by atoms with Gasteiger partial charge in [0.2, 0.25) is 0 Å². The quantitative estimate of drug-likeness (QED) is 0.148. The van der Waals surface area contributed by atoms with Gasteiger partial charge in [-0.1, -0.05) is 11.6 Å². The molecule has 0 fully saturated rings. The number of nitrogens with one attached hydrogen (secondary N) is 1. The van der Waals surface area contributed by atoms with Gasteiger partial charge in [0, 0.05) is 27.8 Å². The van der Waals surface area contributed by atoms with Gasteiger partial charge in [-0.3, -0.25) is 9.59 Å². The van der Waals surface area contributed by atoms with E-state index in [-0.39, 0.29) is 23.8 Å². The fourth-order valence-electron chi connectivity index (χ4n) is 6.34. The van der Waals surface area contributed by atoms with Crippen molar-refractivity contribution in [3.63, 3.8) is 0 Å². The molecule has 2 aliphatic rings. The number of nitrogens with zero attached hydrogens (tertiary/aromatic N) is 6. The Bertz CT molecular complexity index is 2110. The van der Waals surface area contributed by atoms with Gasteiger partial charge in [0.05, 0.1) is 41.3 Å². The molecule has 0 amide bonds. The lowest BCUT2D eigenvalue weighted by Gasteiger charge is -2.20. The molecule has 0 saturated carbocycles. The van der Waals surface area contributed by atoms with Gasteiger partial charge in [0.1, 0.15) is 33.3 Å². The second-order valence-electron chi connectivity index (χ2n) is 11.4. The summed E-state index contributed by atoms with van der Waals surface area (Å²) in [6.07, 6.45) is 11.5. The first kappa shape index (κ1) is 31.4. The number of halogens is 1. The molecule has 0 spiro atoms. The van der Waals surface area contributed by atoms with E-state index in [0.29, 0.717) is 18.4 Å². The molecule has 0 radical (unpaired) electrons. The number of anilines is 2. The summed E-state index contributed by atoms with van der Waals surface area (Å²) in [6.45, 7) is 4.54. The van der Waals surface area contributed by atoms with Crippen molar-refractivity contribution in [2.45, 2.75) is 52.4 Å². The van der Waals surface area contributed by atoms with E-state index < -0.39 is 0 Å². The highest BCUT2D eigenvalue weighted by Crippen LogP contribution is 2.41. The maximum atomic E-state index is 12.2. The maximum Gasteiger partial charge on any atom is 0.309 e. The Morgan fingerprint density at radius 2 is 1.51 bits per heavy atom. The van der Waals surface area contributed by atoms with Crippen molar-refractivity contribution < 1.29 is 19.1 Å². The normalized spacial score (nSPS) is 17.1. The van der Waals surface area contributed by atoms with Crippen LogP contribution in [0.3, 0.4) is 0 Å². The Morgan fingerprint density at radius 1 is 0.894 bits per heavy atom. The number of carbonyl (C=O) groups excluding carboxylic acids is 2. The zero-order valence-corrected chi connectivity index (χ0v) is 28.3. The molecule has 8 rings (SSSR count). The number of hydrogen-bond donors (Lipinski definition) is 1. The van der Waals surface area contributed by atoms with Gasteiger partial charge < -0.3 is 14.8 Å². The summed E-state index contributed by atoms with van der Waals surface area (Å²) in [7, 11) is 0. The number of aryl methyl sites for hydroxylation is 2. The zero-order valence-electron chi connectivity index (χ0n) is 25.9. The Hall–Kier alpha value is -4.20. The lowest BCUT2D eigenvalue weighted by Crippen LogP contribution is -2.23. The van der Waals surface area contributed by atoms with Crippen LogP contribution in [-0.2, 0) is 44.7 Å². The fraction of sp³-hybridized carbons (Fsp3) is 0.364. The number of carbonyl (C=O) groups is 2. The molecule has 0 aromatic carbocycles. The number of hydrogen-bond acceptors (Lipinski definition) is 12. The van der Waals surface area contributed by atoms with Crippen LogP contribution >= 0.6 is 34.3 Å². The molecule has 0 bridgehead atoms. The third-order valence-corrected chi connectivity index (χ3v) is 11.2. The largest absolute Gasteiger partial charge is 0.466 e. The maximum absolute atomic E-state index is 12.2. The van der Waals surface area contributed by atoms with E-state index in [0.717, 1.165) is 76.0 Å². The average Bonchev–Trinajstić information content (AvgIpc) is 3.80. The van der Waals surface area contributed by atoms with Gasteiger partial charge >= 0.3 is 11.9 Å². The first-order chi connectivity index (χ1) is 22.9. The highest BCUT2D eigenvalue weighted by atomic mass is 35.5. The van der Waals surface area contributed by atoms with E-state index in [1.807, 2.05) is 42.8 Å². The van der Waals surface area contributed by atoms with Gasteiger partial charge in [-0.25, -0.2) is 24.5 Å². The standard InChI is InChI=1S/C20H19N5O2S.C13H13ClN2O2S/c1-2-27-20(26)12-3-4-15-16(9-12)28-19-17(15)18(21-11-22-19)24-13-6-8-25-14(10-13)5-7-23-25;1-2-18-13(17)7-3-4-8-9(5-7)19-12-10(8)11(14)15-6-16-12/h5-8,10-12H,2-4,9H2,1H3,(H,21,22,24);6-7H,2-5H2,1H3/t12-;7-/m00/s1. The average molecular weight is 690 g/mol. The first-order valence-electron chi connectivity index (χ1n) is 15.6. The van der Waals surface area contributed by atoms with Gasteiger partial charge in [-0.15, -0.1) is 22.7 Å². The summed E-state index contributed by atoms with van der Waals surface area (Å²) < 4.78 is 12.1. The van der Waals surface area contributed by atoms with Gasteiger partial charge in [0.25, 0.3) is 0 Å². The van der Waals surface area contributed by atoms with Crippen LogP contribution < -0.4 is 5.32 Å². The molecule has 14 heteroatoms. The van der Waals surface area contributed by atoms with Crippen LogP contribution in [0.4, 0.5) is 11.5 Å². The Labute approximate surface area is 283 Å². The molecule has 6 aromatic rings. The molecule has 1 N–H and O–H groups in total. The van der Waals surface area contributed by atoms with Crippen LogP contribution in [0, 0.1) is 11.8 Å². The van der Waals surface area contributed by atoms with Crippen molar-refractivity contribution in [2.75, 3.05) is 18.5 Å². The molecular weight excluding hydrogens is 658 g/mol. The van der Waals surface area contributed by atoms with E-state index in [9.17, 15) is 9.59 Å². The number of pyridine rings is 1. The van der Waals surface area contributed by atoms with Crippen molar-refractivity contribution in [3.05, 3.63) is 69.3 Å². The van der Waals surface area contributed by atoms with Gasteiger partial charge in [0.15, 0.2) is 0 Å². The molecule has 2 atom stereocenters. The number of aromatic nitrogens is 6. The van der Waals surface area contributed by atoms with Crippen molar-refractivity contribution in [1.82, 2.24) is 29.5 Å². The Kier molecular flexibility index (Phi) is 9.02. The second-order valence-corrected chi connectivity index (χ2v) is 13.9. The van der Waals surface area contributed by atoms with Crippen LogP contribution in [0.25, 0.3) is 25.9 Å². The predicted octanol–water partition coefficient (Wildman–Crippen LogP) is 6.76. The fourth-order valence-corrected chi connectivity index (χ4v) is 9.17. The minimum Gasteiger partial charge on any atom is -0.466 e. The van der Waals surface area contributed by atoms with Crippen LogP contribution in [-0.4, -0.2) is 54.7 Å². The molecule has 6 heterocycles. The number of rotatable bonds is 6. The molecule has 11 nitrogen and oxygen atoms in total. The first-order valence-corrected chi connectivity index (χ1v) is 17.6. The number of ether oxygens (including phenoxy) is 2. The van der Waals surface area contributed by atoms with Crippen molar-refractivity contribution in [1.29, 1.82) is 0 Å². The third-order valence-electron chi connectivity index (χ3n) is 8.55. The van der Waals surface area contributed by atoms with Crippen LogP contribution in [0.1, 0.15) is 47.6 Å². The molecule has 0 saturated heterocycles. The van der Waals surface area contributed by atoms with Crippen LogP contribution in [0.2, 0.25) is 5.15 Å². The number of esters is 2. The molecule has 6 aromatic heterocycles. The third kappa shape index (κ3) is 6.27. The van der Waals surface area contributed by atoms with Crippen molar-refractivity contribution in [2.24, 2.45) is 11.8 Å². The van der Waals surface area contributed by atoms with E-state index in [1.165, 1.54) is 27.2 Å². The molecule has 2 aliphatic carbocycles. The van der Waals surface area contributed by atoms with Crippen molar-refractivity contribution >= 4 is 83.7 Å². The number of fused-ring (bicyclic) bond motifs is 7. The summed E-state index contributed by atoms with van der Waals surface area (Å²) >= 11 is 9.41. The van der Waals surface area contributed by atoms with Crippen LogP contribution in [0.15, 0.2) is 43.2 Å². The summed E-state index contributed by atoms with van der Waals surface area (Å²) in [6, 6.07) is 5.98. The summed E-state index contributed by atoms with van der Waals surface area (Å²) in [5.74, 6) is 0.522. The Balaban J connectivity index is 0.000000161. The lowest BCUT2D eigenvalue weighted by molar-refractivity contribution is -0.149. The summed E-state index contributed by atoms with van der Waals surface area (Å²) in [4.78, 5) is 45.5. The highest BCUT2D eigenvalue weighted by Gasteiger charge is 2.31. The molecule has 0 unspecified atom stereocenters. The summed E-state index contributed by atoms with van der Waals surface area (Å²) in [5.41, 5.74) is 4.44. The van der Waals surface area contributed by atoms with Gasteiger partial charge in [-0.2, -0.15) is 5.10 Å². The van der Waals surface area contributed by atoms with E-state index >= 15 is 0 Å². The number of thiophene rings is 2. The van der Waals surface area contributed by atoms with E-state index in [1.54, 1.807) is 35.2 Å². The molecule has 47 heavy (non-hydrogen) atoms. The monoisotopic (exact) mass is 689 g/mol. The zero-order chi connectivity index (χ0) is 32.5. The van der Waals surface area contributed by atoms with E-state index in [4.69, 9.17) is 21.1 Å². The lowest BCUT2D eigenvalue weighted by atomic mass is 9.88. The Morgan fingerprint density at radius 3 is 2.17 bits per heavy atom. The summed E-state index contributed by atoms with van der Waals surface area (Å²) in [5, 5.41) is 10.2. The SMILES string of the molecule is CCOC(=O)[C@H]1CCc2c(sc3ncnc(Cl)c23)C1.CCOC(=O)[C@H]1CCc2c(sc3ncnc(Nc4ccn5nccc5c4)c23)C1. The van der Waals surface area contributed by atoms with E-state index in [2.05, 4.69) is 30.4 Å². The smallest absolute Gasteiger partial charge is 0.309 e. The molecule has 0 aliphatic heterocycles. The second kappa shape index (κ2) is 13.5.